The van der Waals surface area contributed by atoms with Crippen molar-refractivity contribution in [2.75, 3.05) is 0 Å². The largest absolute Gasteiger partial charge is 0.573 e. The van der Waals surface area contributed by atoms with Crippen LogP contribution in [0.15, 0.2) is 36.5 Å². The summed E-state index contributed by atoms with van der Waals surface area (Å²) in [7, 11) is 0. The minimum absolute atomic E-state index is 0.155. The SMILES string of the molecule is Cc1cnc(/C=C\C(=N)c2ccc(OC(F)(F)F)cc2)[nH]1. The molecule has 0 spiro atoms. The van der Waals surface area contributed by atoms with Crippen molar-refractivity contribution in [3.63, 3.8) is 0 Å². The first kappa shape index (κ1) is 14.8. The van der Waals surface area contributed by atoms with Crippen molar-refractivity contribution < 1.29 is 17.9 Å². The third-order valence-corrected chi connectivity index (χ3v) is 2.53. The Kier molecular flexibility index (Phi) is 4.11. The van der Waals surface area contributed by atoms with E-state index >= 15 is 0 Å². The number of nitrogens with one attached hydrogen (secondary N) is 2. The maximum atomic E-state index is 12.0. The highest BCUT2D eigenvalue weighted by Crippen LogP contribution is 2.22. The van der Waals surface area contributed by atoms with E-state index in [9.17, 15) is 13.2 Å². The highest BCUT2D eigenvalue weighted by molar-refractivity contribution is 6.08. The molecular weight excluding hydrogens is 283 g/mol. The van der Waals surface area contributed by atoms with E-state index < -0.39 is 6.36 Å². The summed E-state index contributed by atoms with van der Waals surface area (Å²) in [6, 6.07) is 5.12. The highest BCUT2D eigenvalue weighted by atomic mass is 19.4. The summed E-state index contributed by atoms with van der Waals surface area (Å²) in [5.41, 5.74) is 1.53. The second kappa shape index (κ2) is 5.82. The van der Waals surface area contributed by atoms with Gasteiger partial charge in [0.05, 0.1) is 5.71 Å². The molecule has 0 radical (unpaired) electrons. The molecule has 0 fully saturated rings. The van der Waals surface area contributed by atoms with Gasteiger partial charge in [-0.2, -0.15) is 0 Å². The Bertz CT molecular complexity index is 657. The topological polar surface area (TPSA) is 61.8 Å². The molecule has 7 heteroatoms. The van der Waals surface area contributed by atoms with Gasteiger partial charge in [0.2, 0.25) is 0 Å². The normalized spacial score (nSPS) is 11.8. The number of hydrogen-bond donors (Lipinski definition) is 2. The van der Waals surface area contributed by atoms with Crippen molar-refractivity contribution >= 4 is 11.8 Å². The number of benzene rings is 1. The third kappa shape index (κ3) is 4.48. The van der Waals surface area contributed by atoms with Crippen molar-refractivity contribution in [3.05, 3.63) is 53.6 Å². The Hall–Kier alpha value is -2.57. The Labute approximate surface area is 118 Å². The van der Waals surface area contributed by atoms with Gasteiger partial charge in [-0.25, -0.2) is 4.98 Å². The Balaban J connectivity index is 2.04. The minimum Gasteiger partial charge on any atom is -0.406 e. The molecule has 0 atom stereocenters. The number of hydrogen-bond acceptors (Lipinski definition) is 3. The van der Waals surface area contributed by atoms with Crippen molar-refractivity contribution in [2.45, 2.75) is 13.3 Å². The second-order valence-electron chi connectivity index (χ2n) is 4.27. The average molecular weight is 295 g/mol. The molecule has 1 aromatic carbocycles. The van der Waals surface area contributed by atoms with Gasteiger partial charge >= 0.3 is 6.36 Å². The van der Waals surface area contributed by atoms with Crippen LogP contribution in [0.1, 0.15) is 17.1 Å². The van der Waals surface area contributed by atoms with Gasteiger partial charge in [0.25, 0.3) is 0 Å². The first-order valence-electron chi connectivity index (χ1n) is 5.98. The van der Waals surface area contributed by atoms with Gasteiger partial charge < -0.3 is 15.1 Å². The Morgan fingerprint density at radius 1 is 1.29 bits per heavy atom. The first-order chi connectivity index (χ1) is 9.83. The highest BCUT2D eigenvalue weighted by Gasteiger charge is 2.30. The molecular formula is C14H12F3N3O. The molecule has 0 saturated heterocycles. The molecule has 4 nitrogen and oxygen atoms in total. The van der Waals surface area contributed by atoms with Crippen LogP contribution < -0.4 is 4.74 Å². The van der Waals surface area contributed by atoms with Gasteiger partial charge in [-0.1, -0.05) is 0 Å². The number of alkyl halides is 3. The van der Waals surface area contributed by atoms with E-state index in [0.717, 1.165) is 5.69 Å². The number of nitrogens with zero attached hydrogens (tertiary/aromatic N) is 1. The van der Waals surface area contributed by atoms with Crippen LogP contribution in [-0.2, 0) is 0 Å². The number of aromatic amines is 1. The lowest BCUT2D eigenvalue weighted by molar-refractivity contribution is -0.274. The van der Waals surface area contributed by atoms with Crippen LogP contribution in [-0.4, -0.2) is 22.0 Å². The fourth-order valence-corrected chi connectivity index (χ4v) is 1.61. The molecule has 110 valence electrons. The average Bonchev–Trinajstić information content (AvgIpc) is 2.81. The van der Waals surface area contributed by atoms with E-state index in [-0.39, 0.29) is 11.5 Å². The fraction of sp³-hybridized carbons (Fsp3) is 0.143. The number of imidazole rings is 1. The smallest absolute Gasteiger partial charge is 0.406 e. The van der Waals surface area contributed by atoms with Crippen LogP contribution in [0.5, 0.6) is 5.75 Å². The van der Waals surface area contributed by atoms with Crippen LogP contribution in [0.3, 0.4) is 0 Å². The monoisotopic (exact) mass is 295 g/mol. The molecule has 2 rings (SSSR count). The number of aromatic nitrogens is 2. The van der Waals surface area contributed by atoms with Crippen molar-refractivity contribution in [1.29, 1.82) is 5.41 Å². The Morgan fingerprint density at radius 2 is 1.95 bits per heavy atom. The molecule has 0 bridgehead atoms. The summed E-state index contributed by atoms with van der Waals surface area (Å²) in [5, 5.41) is 7.84. The lowest BCUT2D eigenvalue weighted by atomic mass is 10.1. The van der Waals surface area contributed by atoms with Crippen LogP contribution in [0.4, 0.5) is 13.2 Å². The van der Waals surface area contributed by atoms with Crippen LogP contribution in [0.2, 0.25) is 0 Å². The summed E-state index contributed by atoms with van der Waals surface area (Å²) in [4.78, 5) is 7.03. The summed E-state index contributed by atoms with van der Waals surface area (Å²) in [6.45, 7) is 1.86. The third-order valence-electron chi connectivity index (χ3n) is 2.53. The molecule has 2 N–H and O–H groups in total. The van der Waals surface area contributed by atoms with Gasteiger partial charge in [0.1, 0.15) is 11.6 Å². The molecule has 0 aliphatic heterocycles. The van der Waals surface area contributed by atoms with Gasteiger partial charge in [0.15, 0.2) is 0 Å². The number of ether oxygens (including phenoxy) is 1. The summed E-state index contributed by atoms with van der Waals surface area (Å²) in [5.74, 6) is 0.291. The van der Waals surface area contributed by atoms with Crippen molar-refractivity contribution in [1.82, 2.24) is 9.97 Å². The van der Waals surface area contributed by atoms with E-state index in [4.69, 9.17) is 5.41 Å². The fourth-order valence-electron chi connectivity index (χ4n) is 1.61. The Morgan fingerprint density at radius 3 is 2.48 bits per heavy atom. The summed E-state index contributed by atoms with van der Waals surface area (Å²) >= 11 is 0. The van der Waals surface area contributed by atoms with Gasteiger partial charge in [-0.3, -0.25) is 0 Å². The van der Waals surface area contributed by atoms with Gasteiger partial charge in [-0.15, -0.1) is 13.2 Å². The lowest BCUT2D eigenvalue weighted by Crippen LogP contribution is -2.17. The molecule has 2 aromatic rings. The molecule has 21 heavy (non-hydrogen) atoms. The molecule has 1 aromatic heterocycles. The molecule has 1 heterocycles. The quantitative estimate of drug-likeness (QED) is 0.845. The number of rotatable bonds is 4. The predicted octanol–water partition coefficient (Wildman–Crippen LogP) is 3.70. The predicted molar refractivity (Wildman–Crippen MR) is 72.3 cm³/mol. The van der Waals surface area contributed by atoms with Crippen LogP contribution in [0, 0.1) is 12.3 Å². The van der Waals surface area contributed by atoms with Crippen LogP contribution in [0.25, 0.3) is 6.08 Å². The first-order valence-corrected chi connectivity index (χ1v) is 5.98. The van der Waals surface area contributed by atoms with Gasteiger partial charge in [-0.05, 0) is 48.9 Å². The number of halogens is 3. The zero-order chi connectivity index (χ0) is 15.5. The van der Waals surface area contributed by atoms with Crippen molar-refractivity contribution in [3.8, 4) is 5.75 Å². The zero-order valence-corrected chi connectivity index (χ0v) is 11.0. The van der Waals surface area contributed by atoms with E-state index in [1.54, 1.807) is 12.3 Å². The molecule has 0 amide bonds. The zero-order valence-electron chi connectivity index (χ0n) is 11.0. The molecule has 0 saturated carbocycles. The lowest BCUT2D eigenvalue weighted by Gasteiger charge is -2.08. The maximum absolute atomic E-state index is 12.0. The second-order valence-corrected chi connectivity index (χ2v) is 4.27. The van der Waals surface area contributed by atoms with E-state index in [1.165, 1.54) is 30.3 Å². The number of H-pyrrole nitrogens is 1. The van der Waals surface area contributed by atoms with Gasteiger partial charge in [0, 0.05) is 11.9 Å². The van der Waals surface area contributed by atoms with E-state index in [0.29, 0.717) is 11.4 Å². The molecule has 0 aliphatic rings. The van der Waals surface area contributed by atoms with Crippen LogP contribution >= 0.6 is 0 Å². The van der Waals surface area contributed by atoms with Crippen molar-refractivity contribution in [2.24, 2.45) is 0 Å². The summed E-state index contributed by atoms with van der Waals surface area (Å²) < 4.78 is 39.8. The molecule has 0 aliphatic carbocycles. The van der Waals surface area contributed by atoms with E-state index in [2.05, 4.69) is 14.7 Å². The molecule has 0 unspecified atom stereocenters. The number of aryl methyl sites for hydroxylation is 1. The van der Waals surface area contributed by atoms with E-state index in [1.807, 2.05) is 6.92 Å². The number of allylic oxidation sites excluding steroid dienone is 1. The maximum Gasteiger partial charge on any atom is 0.573 e. The standard InChI is InChI=1S/C14H12F3N3O/c1-9-8-19-13(20-9)7-6-12(18)10-2-4-11(5-3-10)21-14(15,16)17/h2-8,18H,1H3,(H,19,20)/b7-6-,18-12?. The summed E-state index contributed by atoms with van der Waals surface area (Å²) in [6.07, 6.45) is 0.0754. The minimum atomic E-state index is -4.72.